The summed E-state index contributed by atoms with van der Waals surface area (Å²) in [5.41, 5.74) is -0.0408. The van der Waals surface area contributed by atoms with Gasteiger partial charge in [0.25, 0.3) is 0 Å². The molecule has 0 aliphatic heterocycles. The molecule has 0 saturated carbocycles. The maximum Gasteiger partial charge on any atom is 0.167 e. The normalized spacial score (nSPS) is 11.5. The molecule has 1 rings (SSSR count). The Morgan fingerprint density at radius 2 is 1.86 bits per heavy atom. The van der Waals surface area contributed by atoms with Crippen molar-refractivity contribution in [2.45, 2.75) is 20.8 Å². The van der Waals surface area contributed by atoms with Crippen LogP contribution in [0.1, 0.15) is 20.8 Å². The van der Waals surface area contributed by atoms with Gasteiger partial charge in [0.15, 0.2) is 11.6 Å². The van der Waals surface area contributed by atoms with E-state index in [1.54, 1.807) is 0 Å². The van der Waals surface area contributed by atoms with Gasteiger partial charge in [-0.1, -0.05) is 20.8 Å². The van der Waals surface area contributed by atoms with Gasteiger partial charge in [0.05, 0.1) is 6.61 Å². The molecule has 1 aromatic carbocycles. The summed E-state index contributed by atoms with van der Waals surface area (Å²) in [6.45, 7) is 6.34. The van der Waals surface area contributed by atoms with Crippen molar-refractivity contribution in [3.8, 4) is 5.75 Å². The summed E-state index contributed by atoms with van der Waals surface area (Å²) in [5, 5.41) is 0. The van der Waals surface area contributed by atoms with Gasteiger partial charge in [0.1, 0.15) is 5.82 Å². The van der Waals surface area contributed by atoms with Crippen LogP contribution >= 0.6 is 0 Å². The molecule has 78 valence electrons. The van der Waals surface area contributed by atoms with Crippen LogP contribution in [0.25, 0.3) is 0 Å². The Kier molecular flexibility index (Phi) is 3.09. The van der Waals surface area contributed by atoms with E-state index in [0.717, 1.165) is 6.07 Å². The molecular weight excluding hydrogens is 186 g/mol. The second kappa shape index (κ2) is 3.95. The highest BCUT2D eigenvalue weighted by Gasteiger charge is 2.13. The molecule has 0 aliphatic carbocycles. The molecule has 0 spiro atoms. The van der Waals surface area contributed by atoms with E-state index >= 15 is 0 Å². The number of benzene rings is 1. The Labute approximate surface area is 82.7 Å². The molecule has 1 aromatic rings. The number of ether oxygens (including phenoxy) is 1. The van der Waals surface area contributed by atoms with E-state index in [-0.39, 0.29) is 11.2 Å². The average molecular weight is 200 g/mol. The third-order valence-electron chi connectivity index (χ3n) is 1.55. The lowest BCUT2D eigenvalue weighted by atomic mass is 9.99. The molecular formula is C11H14F2O. The van der Waals surface area contributed by atoms with Gasteiger partial charge in [0.2, 0.25) is 0 Å². The zero-order valence-electron chi connectivity index (χ0n) is 8.60. The van der Waals surface area contributed by atoms with Crippen molar-refractivity contribution < 1.29 is 13.5 Å². The third-order valence-corrected chi connectivity index (χ3v) is 1.55. The summed E-state index contributed by atoms with van der Waals surface area (Å²) in [4.78, 5) is 0. The van der Waals surface area contributed by atoms with E-state index in [0.29, 0.717) is 6.61 Å². The zero-order chi connectivity index (χ0) is 10.8. The summed E-state index contributed by atoms with van der Waals surface area (Å²) in [5.74, 6) is -1.15. The van der Waals surface area contributed by atoms with Crippen molar-refractivity contribution in [1.29, 1.82) is 0 Å². The topological polar surface area (TPSA) is 9.23 Å². The molecule has 0 aliphatic rings. The average Bonchev–Trinajstić information content (AvgIpc) is 2.00. The third kappa shape index (κ3) is 3.32. The van der Waals surface area contributed by atoms with Crippen LogP contribution < -0.4 is 4.74 Å². The van der Waals surface area contributed by atoms with Crippen LogP contribution in [-0.4, -0.2) is 6.61 Å². The van der Waals surface area contributed by atoms with E-state index in [1.807, 2.05) is 20.8 Å². The minimum absolute atomic E-state index is 0.0408. The van der Waals surface area contributed by atoms with Gasteiger partial charge in [-0.15, -0.1) is 0 Å². The maximum absolute atomic E-state index is 13.1. The van der Waals surface area contributed by atoms with Crippen LogP contribution in [-0.2, 0) is 0 Å². The van der Waals surface area contributed by atoms with Crippen molar-refractivity contribution in [2.75, 3.05) is 6.61 Å². The fourth-order valence-electron chi connectivity index (χ4n) is 0.887. The molecule has 0 N–H and O–H groups in total. The summed E-state index contributed by atoms with van der Waals surface area (Å²) < 4.78 is 30.8. The van der Waals surface area contributed by atoms with Crippen LogP contribution in [0.15, 0.2) is 18.2 Å². The van der Waals surface area contributed by atoms with Crippen LogP contribution in [0, 0.1) is 17.0 Å². The monoisotopic (exact) mass is 200 g/mol. The van der Waals surface area contributed by atoms with E-state index in [9.17, 15) is 8.78 Å². The lowest BCUT2D eigenvalue weighted by Gasteiger charge is -2.18. The maximum atomic E-state index is 13.1. The number of rotatable bonds is 2. The number of halogens is 2. The van der Waals surface area contributed by atoms with Crippen molar-refractivity contribution in [1.82, 2.24) is 0 Å². The van der Waals surface area contributed by atoms with Gasteiger partial charge in [0, 0.05) is 6.07 Å². The lowest BCUT2D eigenvalue weighted by Crippen LogP contribution is -2.17. The fourth-order valence-corrected chi connectivity index (χ4v) is 0.887. The Hall–Kier alpha value is -1.12. The predicted octanol–water partition coefficient (Wildman–Crippen LogP) is 3.39. The molecule has 0 radical (unpaired) electrons. The molecule has 0 aromatic heterocycles. The largest absolute Gasteiger partial charge is 0.490 e. The first-order valence-electron chi connectivity index (χ1n) is 4.46. The minimum atomic E-state index is -0.658. The molecule has 0 amide bonds. The highest BCUT2D eigenvalue weighted by molar-refractivity contribution is 5.24. The quantitative estimate of drug-likeness (QED) is 0.711. The Bertz CT molecular complexity index is 316. The van der Waals surface area contributed by atoms with Gasteiger partial charge < -0.3 is 4.74 Å². The van der Waals surface area contributed by atoms with E-state index < -0.39 is 11.6 Å². The van der Waals surface area contributed by atoms with Crippen LogP contribution in [0.5, 0.6) is 5.75 Å². The predicted molar refractivity (Wildman–Crippen MR) is 51.3 cm³/mol. The van der Waals surface area contributed by atoms with Crippen LogP contribution in [0.2, 0.25) is 0 Å². The van der Waals surface area contributed by atoms with Crippen molar-refractivity contribution in [2.24, 2.45) is 5.41 Å². The summed E-state index contributed by atoms with van der Waals surface area (Å²) in [6.07, 6.45) is 0. The van der Waals surface area contributed by atoms with Gasteiger partial charge in [-0.25, -0.2) is 8.78 Å². The number of hydrogen-bond donors (Lipinski definition) is 0. The SMILES string of the molecule is CC(C)(C)COc1ccc(F)cc1F. The first-order chi connectivity index (χ1) is 6.38. The second-order valence-corrected chi connectivity index (χ2v) is 4.42. The standard InChI is InChI=1S/C11H14F2O/c1-11(2,3)7-14-10-5-4-8(12)6-9(10)13/h4-6H,7H2,1-3H3. The van der Waals surface area contributed by atoms with E-state index in [4.69, 9.17) is 4.74 Å². The van der Waals surface area contributed by atoms with Gasteiger partial charge in [-0.2, -0.15) is 0 Å². The van der Waals surface area contributed by atoms with Gasteiger partial charge in [-0.05, 0) is 17.5 Å². The number of hydrogen-bond acceptors (Lipinski definition) is 1. The zero-order valence-corrected chi connectivity index (χ0v) is 8.60. The molecule has 0 fully saturated rings. The smallest absolute Gasteiger partial charge is 0.167 e. The Morgan fingerprint density at radius 3 is 2.36 bits per heavy atom. The van der Waals surface area contributed by atoms with Crippen molar-refractivity contribution in [3.05, 3.63) is 29.8 Å². The summed E-state index contributed by atoms with van der Waals surface area (Å²) >= 11 is 0. The molecule has 14 heavy (non-hydrogen) atoms. The van der Waals surface area contributed by atoms with Gasteiger partial charge >= 0.3 is 0 Å². The Balaban J connectivity index is 2.68. The molecule has 0 unspecified atom stereocenters. The van der Waals surface area contributed by atoms with Crippen molar-refractivity contribution >= 4 is 0 Å². The summed E-state index contributed by atoms with van der Waals surface area (Å²) in [6, 6.07) is 3.30. The molecule has 1 nitrogen and oxygen atoms in total. The first-order valence-corrected chi connectivity index (χ1v) is 4.46. The lowest BCUT2D eigenvalue weighted by molar-refractivity contribution is 0.191. The molecule has 0 heterocycles. The molecule has 3 heteroatoms. The summed E-state index contributed by atoms with van der Waals surface area (Å²) in [7, 11) is 0. The molecule has 0 atom stereocenters. The molecule has 0 bridgehead atoms. The minimum Gasteiger partial charge on any atom is -0.490 e. The highest BCUT2D eigenvalue weighted by atomic mass is 19.1. The van der Waals surface area contributed by atoms with Gasteiger partial charge in [-0.3, -0.25) is 0 Å². The van der Waals surface area contributed by atoms with E-state index in [1.165, 1.54) is 12.1 Å². The fraction of sp³-hybridized carbons (Fsp3) is 0.455. The van der Waals surface area contributed by atoms with E-state index in [2.05, 4.69) is 0 Å². The highest BCUT2D eigenvalue weighted by Crippen LogP contribution is 2.21. The first kappa shape index (κ1) is 11.0. The van der Waals surface area contributed by atoms with Crippen LogP contribution in [0.3, 0.4) is 0 Å². The molecule has 0 saturated heterocycles. The van der Waals surface area contributed by atoms with Crippen molar-refractivity contribution in [3.63, 3.8) is 0 Å². The Morgan fingerprint density at radius 1 is 1.21 bits per heavy atom. The second-order valence-electron chi connectivity index (χ2n) is 4.42. The van der Waals surface area contributed by atoms with Crippen LogP contribution in [0.4, 0.5) is 8.78 Å².